The van der Waals surface area contributed by atoms with Gasteiger partial charge in [-0.25, -0.2) is 8.42 Å². The number of nitrogens with one attached hydrogen (secondary N) is 2. The zero-order valence-electron chi connectivity index (χ0n) is 12.5. The van der Waals surface area contributed by atoms with Crippen LogP contribution in [0.3, 0.4) is 0 Å². The summed E-state index contributed by atoms with van der Waals surface area (Å²) in [5.41, 5.74) is 3.12. The normalized spacial score (nSPS) is 12.9. The van der Waals surface area contributed by atoms with E-state index in [-0.39, 0.29) is 17.3 Å². The second-order valence-corrected chi connectivity index (χ2v) is 7.13. The average Bonchev–Trinajstić information content (AvgIpc) is 3.02. The lowest BCUT2D eigenvalue weighted by molar-refractivity contribution is 0.0944. The maximum absolute atomic E-state index is 12.2. The molecule has 0 spiro atoms. The zero-order chi connectivity index (χ0) is 17.3. The van der Waals surface area contributed by atoms with E-state index in [0.29, 0.717) is 16.5 Å². The molecule has 0 atom stereocenters. The third-order valence-electron chi connectivity index (χ3n) is 3.39. The number of carbonyl (C=O) groups excluding carboxylic acids is 1. The fourth-order valence-electron chi connectivity index (χ4n) is 2.02. The molecule has 0 aromatic heterocycles. The molecular weight excluding hydrogens is 356 g/mol. The Kier molecular flexibility index (Phi) is 4.35. The summed E-state index contributed by atoms with van der Waals surface area (Å²) in [4.78, 5) is 14.1. The number of sulfonamides is 1. The Morgan fingerprint density at radius 1 is 1.12 bits per heavy atom. The van der Waals surface area contributed by atoms with Gasteiger partial charge in [0.2, 0.25) is 6.79 Å². The highest BCUT2D eigenvalue weighted by Gasteiger charge is 2.19. The third kappa shape index (κ3) is 3.30. The predicted octanol–water partition coefficient (Wildman–Crippen LogP) is 2.00. The van der Waals surface area contributed by atoms with Crippen LogP contribution >= 0.6 is 11.6 Å². The van der Waals surface area contributed by atoms with Crippen molar-refractivity contribution < 1.29 is 22.7 Å². The minimum Gasteiger partial charge on any atom is -0.454 e. The van der Waals surface area contributed by atoms with Crippen molar-refractivity contribution in [2.24, 2.45) is 0 Å². The molecule has 0 saturated heterocycles. The molecule has 1 heterocycles. The van der Waals surface area contributed by atoms with Crippen molar-refractivity contribution in [3.8, 4) is 11.5 Å². The van der Waals surface area contributed by atoms with Crippen LogP contribution in [0.5, 0.6) is 11.5 Å². The number of ether oxygens (including phenoxy) is 2. The van der Waals surface area contributed by atoms with E-state index in [1.165, 1.54) is 24.3 Å². The molecular formula is C15H13ClN2O5S. The van der Waals surface area contributed by atoms with Crippen molar-refractivity contribution >= 4 is 27.5 Å². The maximum Gasteiger partial charge on any atom is 0.266 e. The molecule has 2 aromatic carbocycles. The summed E-state index contributed by atoms with van der Waals surface area (Å²) >= 11 is 5.93. The van der Waals surface area contributed by atoms with Gasteiger partial charge in [-0.05, 0) is 42.8 Å². The number of aryl methyl sites for hydroxylation is 1. The largest absolute Gasteiger partial charge is 0.454 e. The summed E-state index contributed by atoms with van der Waals surface area (Å²) in [7, 11) is -3.94. The molecule has 9 heteroatoms. The van der Waals surface area contributed by atoms with Crippen LogP contribution in [0.2, 0.25) is 5.02 Å². The minimum absolute atomic E-state index is 0.0518. The van der Waals surface area contributed by atoms with Gasteiger partial charge in [0.05, 0.1) is 4.90 Å². The van der Waals surface area contributed by atoms with Crippen molar-refractivity contribution in [1.82, 2.24) is 10.3 Å². The van der Waals surface area contributed by atoms with Crippen molar-refractivity contribution in [1.29, 1.82) is 0 Å². The Morgan fingerprint density at radius 2 is 1.88 bits per heavy atom. The Labute approximate surface area is 143 Å². The van der Waals surface area contributed by atoms with Gasteiger partial charge in [-0.3, -0.25) is 10.2 Å². The first-order chi connectivity index (χ1) is 11.4. The predicted molar refractivity (Wildman–Crippen MR) is 86.5 cm³/mol. The van der Waals surface area contributed by atoms with Gasteiger partial charge in [-0.15, -0.1) is 4.83 Å². The number of fused-ring (bicyclic) bond motifs is 1. The van der Waals surface area contributed by atoms with Crippen molar-refractivity contribution in [3.05, 3.63) is 52.5 Å². The minimum atomic E-state index is -3.94. The van der Waals surface area contributed by atoms with E-state index in [1.54, 1.807) is 19.1 Å². The summed E-state index contributed by atoms with van der Waals surface area (Å²) in [5, 5.41) is 0.319. The first-order valence-corrected chi connectivity index (χ1v) is 8.71. The summed E-state index contributed by atoms with van der Waals surface area (Å²) in [5.74, 6) is 0.326. The van der Waals surface area contributed by atoms with Gasteiger partial charge in [0.25, 0.3) is 15.9 Å². The lowest BCUT2D eigenvalue weighted by atomic mass is 10.2. The molecule has 3 rings (SSSR count). The standard InChI is InChI=1S/C15H13ClN2O5S/c1-9-2-4-11(7-12(9)16)24(20,21)18-17-15(19)10-3-5-13-14(6-10)23-8-22-13/h2-7,18H,8H2,1H3,(H,17,19). The van der Waals surface area contributed by atoms with Gasteiger partial charge in [0, 0.05) is 10.6 Å². The van der Waals surface area contributed by atoms with E-state index in [2.05, 4.69) is 5.43 Å². The third-order valence-corrected chi connectivity index (χ3v) is 5.04. The van der Waals surface area contributed by atoms with E-state index in [0.717, 1.165) is 5.56 Å². The van der Waals surface area contributed by atoms with Gasteiger partial charge in [0.15, 0.2) is 11.5 Å². The molecule has 1 aliphatic heterocycles. The molecule has 0 radical (unpaired) electrons. The molecule has 2 aromatic rings. The van der Waals surface area contributed by atoms with E-state index >= 15 is 0 Å². The number of hydrogen-bond acceptors (Lipinski definition) is 5. The number of hydrogen-bond donors (Lipinski definition) is 2. The smallest absolute Gasteiger partial charge is 0.266 e. The number of carbonyl (C=O) groups is 1. The highest BCUT2D eigenvalue weighted by molar-refractivity contribution is 7.89. The van der Waals surface area contributed by atoms with Crippen LogP contribution in [-0.2, 0) is 10.0 Å². The molecule has 0 unspecified atom stereocenters. The van der Waals surface area contributed by atoms with E-state index < -0.39 is 15.9 Å². The van der Waals surface area contributed by atoms with E-state index in [4.69, 9.17) is 21.1 Å². The SMILES string of the molecule is Cc1ccc(S(=O)(=O)NNC(=O)c2ccc3c(c2)OCO3)cc1Cl. The lowest BCUT2D eigenvalue weighted by Gasteiger charge is -2.09. The number of hydrazine groups is 1. The molecule has 0 fully saturated rings. The Hall–Kier alpha value is -2.29. The molecule has 24 heavy (non-hydrogen) atoms. The quantitative estimate of drug-likeness (QED) is 0.805. The van der Waals surface area contributed by atoms with Crippen LogP contribution in [0, 0.1) is 6.92 Å². The number of rotatable bonds is 4. The molecule has 2 N–H and O–H groups in total. The maximum atomic E-state index is 12.2. The second kappa shape index (κ2) is 6.31. The van der Waals surface area contributed by atoms with Crippen LogP contribution < -0.4 is 19.7 Å². The van der Waals surface area contributed by atoms with Crippen LogP contribution in [0.15, 0.2) is 41.3 Å². The fraction of sp³-hybridized carbons (Fsp3) is 0.133. The summed E-state index contributed by atoms with van der Waals surface area (Å²) in [6.07, 6.45) is 0. The van der Waals surface area contributed by atoms with Gasteiger partial charge < -0.3 is 9.47 Å². The zero-order valence-corrected chi connectivity index (χ0v) is 14.1. The molecule has 126 valence electrons. The molecule has 1 amide bonds. The van der Waals surface area contributed by atoms with Crippen LogP contribution in [0.25, 0.3) is 0 Å². The molecule has 0 aliphatic carbocycles. The van der Waals surface area contributed by atoms with Crippen LogP contribution in [0.4, 0.5) is 0 Å². The van der Waals surface area contributed by atoms with Gasteiger partial charge in [0.1, 0.15) is 0 Å². The fourth-order valence-corrected chi connectivity index (χ4v) is 3.13. The van der Waals surface area contributed by atoms with Crippen molar-refractivity contribution in [2.45, 2.75) is 11.8 Å². The summed E-state index contributed by atoms with van der Waals surface area (Å²) in [6, 6.07) is 8.83. The Bertz CT molecular complexity index is 914. The van der Waals surface area contributed by atoms with Gasteiger partial charge in [-0.1, -0.05) is 17.7 Å². The lowest BCUT2D eigenvalue weighted by Crippen LogP contribution is -2.41. The first kappa shape index (κ1) is 16.6. The van der Waals surface area contributed by atoms with Crippen LogP contribution in [-0.4, -0.2) is 21.1 Å². The Balaban J connectivity index is 1.72. The highest BCUT2D eigenvalue weighted by Crippen LogP contribution is 2.32. The highest BCUT2D eigenvalue weighted by atomic mass is 35.5. The van der Waals surface area contributed by atoms with Crippen molar-refractivity contribution in [2.75, 3.05) is 6.79 Å². The number of halogens is 1. The van der Waals surface area contributed by atoms with E-state index in [9.17, 15) is 13.2 Å². The summed E-state index contributed by atoms with van der Waals surface area (Å²) in [6.45, 7) is 1.84. The molecule has 0 saturated carbocycles. The number of benzene rings is 2. The second-order valence-electron chi connectivity index (χ2n) is 5.04. The van der Waals surface area contributed by atoms with Gasteiger partial charge >= 0.3 is 0 Å². The first-order valence-electron chi connectivity index (χ1n) is 6.85. The average molecular weight is 369 g/mol. The van der Waals surface area contributed by atoms with E-state index in [1.807, 2.05) is 4.83 Å². The van der Waals surface area contributed by atoms with Crippen LogP contribution in [0.1, 0.15) is 15.9 Å². The molecule has 1 aliphatic rings. The Morgan fingerprint density at radius 3 is 2.62 bits per heavy atom. The van der Waals surface area contributed by atoms with Crippen molar-refractivity contribution in [3.63, 3.8) is 0 Å². The molecule has 7 nitrogen and oxygen atoms in total. The topological polar surface area (TPSA) is 93.7 Å². The van der Waals surface area contributed by atoms with Gasteiger partial charge in [-0.2, -0.15) is 0 Å². The molecule has 0 bridgehead atoms. The monoisotopic (exact) mass is 368 g/mol. The number of amides is 1. The summed E-state index contributed by atoms with van der Waals surface area (Å²) < 4.78 is 34.7.